The van der Waals surface area contributed by atoms with E-state index in [0.29, 0.717) is 18.6 Å². The number of rotatable bonds is 5. The fraction of sp³-hybridized carbons (Fsp3) is 1.00. The average Bonchev–Trinajstić information content (AvgIpc) is 2.76. The van der Waals surface area contributed by atoms with Crippen molar-refractivity contribution in [3.05, 3.63) is 0 Å². The van der Waals surface area contributed by atoms with Crippen molar-refractivity contribution in [1.82, 2.24) is 5.32 Å². The Morgan fingerprint density at radius 3 is 2.38 bits per heavy atom. The molecule has 4 heteroatoms. The van der Waals surface area contributed by atoms with Crippen LogP contribution in [0.15, 0.2) is 0 Å². The predicted molar refractivity (Wildman–Crippen MR) is 90.0 cm³/mol. The predicted octanol–water partition coefficient (Wildman–Crippen LogP) is 3.39. The third kappa shape index (κ3) is 4.13. The van der Waals surface area contributed by atoms with E-state index in [9.17, 15) is 5.11 Å². The molecule has 2 fully saturated rings. The molecule has 0 aliphatic heterocycles. The zero-order valence-electron chi connectivity index (χ0n) is 14.5. The summed E-state index contributed by atoms with van der Waals surface area (Å²) in [6.07, 6.45) is 3.78. The minimum atomic E-state index is -0.423. The lowest BCUT2D eigenvalue weighted by Gasteiger charge is -2.42. The monoisotopic (exact) mass is 319 g/mol. The van der Waals surface area contributed by atoms with Crippen LogP contribution in [0.1, 0.15) is 60.8 Å². The molecule has 0 heterocycles. The van der Waals surface area contributed by atoms with Crippen LogP contribution in [-0.2, 0) is 4.74 Å². The second-order valence-corrected chi connectivity index (χ2v) is 8.91. The van der Waals surface area contributed by atoms with Crippen LogP contribution in [0.25, 0.3) is 0 Å². The number of aliphatic hydroxyl groups is 1. The van der Waals surface area contributed by atoms with E-state index in [-0.39, 0.29) is 29.5 Å². The summed E-state index contributed by atoms with van der Waals surface area (Å²) in [7, 11) is 0. The Balaban J connectivity index is 0.00000220. The normalized spacial score (nSPS) is 35.6. The molecule has 2 rings (SSSR count). The third-order valence-electron chi connectivity index (χ3n) is 5.46. The number of hydrogen-bond donors (Lipinski definition) is 2. The van der Waals surface area contributed by atoms with Crippen molar-refractivity contribution in [2.75, 3.05) is 13.2 Å². The summed E-state index contributed by atoms with van der Waals surface area (Å²) in [5.41, 5.74) is 0.619. The van der Waals surface area contributed by atoms with Crippen LogP contribution in [-0.4, -0.2) is 36.0 Å². The third-order valence-corrected chi connectivity index (χ3v) is 5.46. The van der Waals surface area contributed by atoms with E-state index in [4.69, 9.17) is 4.74 Å². The lowest BCUT2D eigenvalue weighted by Crippen LogP contribution is -2.46. The first-order chi connectivity index (χ1) is 9.05. The van der Waals surface area contributed by atoms with E-state index < -0.39 is 6.10 Å². The topological polar surface area (TPSA) is 41.5 Å². The van der Waals surface area contributed by atoms with Gasteiger partial charge in [0.2, 0.25) is 0 Å². The highest BCUT2D eigenvalue weighted by atomic mass is 35.5. The number of β-amino-alcohol motifs (C(OH)–C–C–N with tert-alkyl or cyclic N) is 1. The van der Waals surface area contributed by atoms with E-state index in [1.165, 1.54) is 19.3 Å². The van der Waals surface area contributed by atoms with Gasteiger partial charge in [0.15, 0.2) is 0 Å². The van der Waals surface area contributed by atoms with Gasteiger partial charge in [-0.1, -0.05) is 20.8 Å². The SMILES string of the molecule is CC(C)(C)NCC(O)COC1C2(C)CCC(C2)C1(C)C.Cl. The van der Waals surface area contributed by atoms with Gasteiger partial charge in [-0.15, -0.1) is 12.4 Å². The van der Waals surface area contributed by atoms with Crippen molar-refractivity contribution < 1.29 is 9.84 Å². The Kier molecular flexibility index (Phi) is 5.81. The lowest BCUT2D eigenvalue weighted by molar-refractivity contribution is -0.110. The van der Waals surface area contributed by atoms with Crippen LogP contribution >= 0.6 is 12.4 Å². The van der Waals surface area contributed by atoms with Crippen LogP contribution in [0.3, 0.4) is 0 Å². The maximum Gasteiger partial charge on any atom is 0.0898 e. The molecule has 2 saturated carbocycles. The molecule has 0 aromatic carbocycles. The average molecular weight is 320 g/mol. The van der Waals surface area contributed by atoms with Crippen molar-refractivity contribution in [1.29, 1.82) is 0 Å². The summed E-state index contributed by atoms with van der Waals surface area (Å²) < 4.78 is 6.19. The molecule has 0 aromatic heterocycles. The number of hydrogen-bond acceptors (Lipinski definition) is 3. The van der Waals surface area contributed by atoms with Gasteiger partial charge in [-0.25, -0.2) is 0 Å². The van der Waals surface area contributed by atoms with Crippen LogP contribution in [0.5, 0.6) is 0 Å². The molecule has 4 unspecified atom stereocenters. The Morgan fingerprint density at radius 2 is 1.90 bits per heavy atom. The van der Waals surface area contributed by atoms with Crippen molar-refractivity contribution >= 4 is 12.4 Å². The molecule has 0 radical (unpaired) electrons. The maximum atomic E-state index is 10.1. The number of halogens is 1. The first-order valence-electron chi connectivity index (χ1n) is 8.09. The second-order valence-electron chi connectivity index (χ2n) is 8.91. The molecule has 2 bridgehead atoms. The van der Waals surface area contributed by atoms with Crippen molar-refractivity contribution in [3.63, 3.8) is 0 Å². The van der Waals surface area contributed by atoms with Crippen molar-refractivity contribution in [2.45, 2.75) is 78.6 Å². The lowest BCUT2D eigenvalue weighted by atomic mass is 9.70. The Bertz CT molecular complexity index is 348. The standard InChI is InChI=1S/C17H33NO2.ClH/c1-15(2,3)18-10-13(19)11-20-14-16(4,5)12-7-8-17(14,6)9-12;/h12-14,18-19H,7-11H2,1-6H3;1H. The number of ether oxygens (including phenoxy) is 1. The number of nitrogens with one attached hydrogen (secondary N) is 1. The molecule has 21 heavy (non-hydrogen) atoms. The van der Waals surface area contributed by atoms with Gasteiger partial charge in [0.25, 0.3) is 0 Å². The van der Waals surface area contributed by atoms with Gasteiger partial charge in [0, 0.05) is 12.1 Å². The quantitative estimate of drug-likeness (QED) is 0.816. The fourth-order valence-corrected chi connectivity index (χ4v) is 4.36. The van der Waals surface area contributed by atoms with Crippen LogP contribution in [0.2, 0.25) is 0 Å². The molecule has 0 saturated heterocycles. The van der Waals surface area contributed by atoms with E-state index >= 15 is 0 Å². The molecule has 2 N–H and O–H groups in total. The van der Waals surface area contributed by atoms with Gasteiger partial charge in [-0.2, -0.15) is 0 Å². The Morgan fingerprint density at radius 1 is 1.29 bits per heavy atom. The molecule has 4 atom stereocenters. The minimum absolute atomic E-state index is 0. The Labute approximate surface area is 136 Å². The smallest absolute Gasteiger partial charge is 0.0898 e. The highest BCUT2D eigenvalue weighted by Crippen LogP contribution is 2.63. The highest BCUT2D eigenvalue weighted by Gasteiger charge is 2.60. The summed E-state index contributed by atoms with van der Waals surface area (Å²) in [5.74, 6) is 0.794. The summed E-state index contributed by atoms with van der Waals surface area (Å²) in [6, 6.07) is 0. The van der Waals surface area contributed by atoms with E-state index in [1.807, 2.05) is 0 Å². The molecule has 0 spiro atoms. The zero-order valence-corrected chi connectivity index (χ0v) is 15.3. The van der Waals surface area contributed by atoms with Crippen LogP contribution in [0.4, 0.5) is 0 Å². The second kappa shape index (κ2) is 6.35. The molecule has 2 aliphatic carbocycles. The Hall–Kier alpha value is 0.170. The molecule has 126 valence electrons. The zero-order chi connectivity index (χ0) is 15.2. The summed E-state index contributed by atoms with van der Waals surface area (Å²) in [4.78, 5) is 0. The van der Waals surface area contributed by atoms with Crippen molar-refractivity contribution in [2.24, 2.45) is 16.7 Å². The first kappa shape index (κ1) is 19.2. The van der Waals surface area contributed by atoms with Gasteiger partial charge in [0.05, 0.1) is 18.8 Å². The molecular weight excluding hydrogens is 286 g/mol. The first-order valence-corrected chi connectivity index (χ1v) is 8.09. The van der Waals surface area contributed by atoms with E-state index in [1.54, 1.807) is 0 Å². The van der Waals surface area contributed by atoms with Crippen LogP contribution < -0.4 is 5.32 Å². The fourth-order valence-electron chi connectivity index (χ4n) is 4.36. The molecular formula is C17H34ClNO2. The summed E-state index contributed by atoms with van der Waals surface area (Å²) in [5, 5.41) is 13.4. The van der Waals surface area contributed by atoms with Crippen LogP contribution in [0, 0.1) is 16.7 Å². The van der Waals surface area contributed by atoms with E-state index in [2.05, 4.69) is 46.9 Å². The van der Waals surface area contributed by atoms with Gasteiger partial charge in [-0.05, 0) is 56.8 Å². The van der Waals surface area contributed by atoms with Gasteiger partial charge >= 0.3 is 0 Å². The maximum absolute atomic E-state index is 10.1. The number of fused-ring (bicyclic) bond motifs is 2. The molecule has 0 amide bonds. The van der Waals surface area contributed by atoms with Crippen molar-refractivity contribution in [3.8, 4) is 0 Å². The van der Waals surface area contributed by atoms with Gasteiger partial charge in [-0.3, -0.25) is 0 Å². The van der Waals surface area contributed by atoms with Gasteiger partial charge < -0.3 is 15.2 Å². The largest absolute Gasteiger partial charge is 0.389 e. The molecule has 0 aromatic rings. The molecule has 3 nitrogen and oxygen atoms in total. The molecule has 2 aliphatic rings. The highest BCUT2D eigenvalue weighted by molar-refractivity contribution is 5.85. The summed E-state index contributed by atoms with van der Waals surface area (Å²) >= 11 is 0. The number of aliphatic hydroxyl groups excluding tert-OH is 1. The van der Waals surface area contributed by atoms with E-state index in [0.717, 1.165) is 5.92 Å². The minimum Gasteiger partial charge on any atom is -0.389 e. The van der Waals surface area contributed by atoms with Gasteiger partial charge in [0.1, 0.15) is 0 Å². The summed E-state index contributed by atoms with van der Waals surface area (Å²) in [6.45, 7) is 14.4.